The van der Waals surface area contributed by atoms with E-state index in [-0.39, 0.29) is 12.3 Å². The molecule has 18 heavy (non-hydrogen) atoms. The molecule has 0 aromatic carbocycles. The molecule has 0 saturated heterocycles. The van der Waals surface area contributed by atoms with Crippen molar-refractivity contribution in [1.82, 2.24) is 0 Å². The number of unbranched alkanes of at least 4 members (excludes halogenated alkanes) is 4. The molecule has 0 bridgehead atoms. The highest BCUT2D eigenvalue weighted by Gasteiger charge is 2.09. The molecule has 0 aromatic rings. The van der Waals surface area contributed by atoms with Gasteiger partial charge in [0, 0.05) is 26.0 Å². The summed E-state index contributed by atoms with van der Waals surface area (Å²) < 4.78 is 15.1. The molecule has 108 valence electrons. The van der Waals surface area contributed by atoms with Crippen molar-refractivity contribution >= 4 is 21.9 Å². The van der Waals surface area contributed by atoms with Gasteiger partial charge in [-0.05, 0) is 12.8 Å². The molecule has 4 nitrogen and oxygen atoms in total. The fourth-order valence-electron chi connectivity index (χ4n) is 1.55. The fourth-order valence-corrected chi connectivity index (χ4v) is 1.95. The number of carbonyl (C=O) groups excluding carboxylic acids is 1. The lowest BCUT2D eigenvalue weighted by molar-refractivity contribution is -0.148. The first-order valence-corrected chi connectivity index (χ1v) is 7.64. The quantitative estimate of drug-likeness (QED) is 0.239. The van der Waals surface area contributed by atoms with Crippen LogP contribution < -0.4 is 0 Å². The standard InChI is InChI=1S/C13H25BrO4/c1-16-13(17-2)9-8-12(15)18-11-7-5-3-4-6-10-14/h13H,3-11H2,1-2H3. The summed E-state index contributed by atoms with van der Waals surface area (Å²) in [6.45, 7) is 0.526. The molecule has 0 rings (SSSR count). The lowest BCUT2D eigenvalue weighted by Crippen LogP contribution is -2.16. The molecule has 0 N–H and O–H groups in total. The molecular formula is C13H25BrO4. The number of rotatable bonds is 12. The Balaban J connectivity index is 3.31. The molecule has 0 radical (unpaired) electrons. The molecule has 0 saturated carbocycles. The van der Waals surface area contributed by atoms with Gasteiger partial charge in [0.2, 0.25) is 0 Å². The summed E-state index contributed by atoms with van der Waals surface area (Å²) in [6.07, 6.45) is 6.30. The van der Waals surface area contributed by atoms with Crippen molar-refractivity contribution in [2.75, 3.05) is 26.2 Å². The molecule has 0 fully saturated rings. The van der Waals surface area contributed by atoms with Gasteiger partial charge >= 0.3 is 5.97 Å². The van der Waals surface area contributed by atoms with Crippen molar-refractivity contribution in [2.24, 2.45) is 0 Å². The predicted molar refractivity (Wildman–Crippen MR) is 74.9 cm³/mol. The third-order valence-corrected chi connectivity index (χ3v) is 3.21. The summed E-state index contributed by atoms with van der Waals surface area (Å²) in [7, 11) is 3.12. The molecule has 0 aliphatic carbocycles. The Morgan fingerprint density at radius 1 is 1.06 bits per heavy atom. The van der Waals surface area contributed by atoms with Crippen molar-refractivity contribution in [3.05, 3.63) is 0 Å². The summed E-state index contributed by atoms with van der Waals surface area (Å²) in [4.78, 5) is 11.4. The number of methoxy groups -OCH3 is 2. The van der Waals surface area contributed by atoms with Crippen LogP contribution >= 0.6 is 15.9 Å². The van der Waals surface area contributed by atoms with Gasteiger partial charge in [0.05, 0.1) is 13.0 Å². The topological polar surface area (TPSA) is 44.8 Å². The zero-order chi connectivity index (χ0) is 13.6. The Morgan fingerprint density at radius 3 is 2.28 bits per heavy atom. The number of hydrogen-bond donors (Lipinski definition) is 0. The fraction of sp³-hybridized carbons (Fsp3) is 0.923. The highest BCUT2D eigenvalue weighted by molar-refractivity contribution is 9.09. The van der Waals surface area contributed by atoms with Gasteiger partial charge < -0.3 is 14.2 Å². The average molecular weight is 325 g/mol. The van der Waals surface area contributed by atoms with Gasteiger partial charge in [0.15, 0.2) is 6.29 Å². The van der Waals surface area contributed by atoms with Crippen LogP contribution in [0, 0.1) is 0 Å². The third kappa shape index (κ3) is 11.0. The number of hydrogen-bond acceptors (Lipinski definition) is 4. The van der Waals surface area contributed by atoms with E-state index in [0.29, 0.717) is 19.4 Å². The summed E-state index contributed by atoms with van der Waals surface area (Å²) in [5, 5.41) is 1.07. The Morgan fingerprint density at radius 2 is 1.67 bits per heavy atom. The first-order valence-electron chi connectivity index (χ1n) is 6.51. The van der Waals surface area contributed by atoms with Crippen molar-refractivity contribution < 1.29 is 19.0 Å². The van der Waals surface area contributed by atoms with Crippen molar-refractivity contribution in [3.63, 3.8) is 0 Å². The summed E-state index contributed by atoms with van der Waals surface area (Å²) in [5.41, 5.74) is 0. The Hall–Kier alpha value is -0.130. The Labute approximate surface area is 118 Å². The van der Waals surface area contributed by atoms with Crippen molar-refractivity contribution in [1.29, 1.82) is 0 Å². The summed E-state index contributed by atoms with van der Waals surface area (Å²) in [5.74, 6) is -0.172. The van der Waals surface area contributed by atoms with E-state index in [4.69, 9.17) is 14.2 Å². The van der Waals surface area contributed by atoms with E-state index in [1.165, 1.54) is 19.3 Å². The van der Waals surface area contributed by atoms with Gasteiger partial charge in [-0.1, -0.05) is 35.2 Å². The van der Waals surface area contributed by atoms with Crippen LogP contribution in [0.15, 0.2) is 0 Å². The zero-order valence-corrected chi connectivity index (χ0v) is 13.0. The van der Waals surface area contributed by atoms with Gasteiger partial charge in [-0.2, -0.15) is 0 Å². The van der Waals surface area contributed by atoms with E-state index in [1.807, 2.05) is 0 Å². The van der Waals surface area contributed by atoms with E-state index >= 15 is 0 Å². The minimum atomic E-state index is -0.318. The second kappa shape index (κ2) is 13.3. The van der Waals surface area contributed by atoms with Gasteiger partial charge in [0.25, 0.3) is 0 Å². The average Bonchev–Trinajstić information content (AvgIpc) is 2.39. The molecule has 0 unspecified atom stereocenters. The highest BCUT2D eigenvalue weighted by Crippen LogP contribution is 2.06. The number of alkyl halides is 1. The Bertz CT molecular complexity index is 195. The molecule has 0 amide bonds. The zero-order valence-electron chi connectivity index (χ0n) is 11.5. The van der Waals surface area contributed by atoms with Gasteiger partial charge in [-0.15, -0.1) is 0 Å². The van der Waals surface area contributed by atoms with Crippen LogP contribution in [-0.4, -0.2) is 38.4 Å². The molecule has 0 aliphatic heterocycles. The largest absolute Gasteiger partial charge is 0.466 e. The molecule has 0 aromatic heterocycles. The van der Waals surface area contributed by atoms with Crippen LogP contribution in [0.25, 0.3) is 0 Å². The lowest BCUT2D eigenvalue weighted by atomic mass is 10.2. The Kier molecular flexibility index (Phi) is 13.2. The van der Waals surface area contributed by atoms with E-state index in [0.717, 1.165) is 18.2 Å². The van der Waals surface area contributed by atoms with Crippen LogP contribution in [0.4, 0.5) is 0 Å². The second-order valence-corrected chi connectivity index (χ2v) is 4.91. The van der Waals surface area contributed by atoms with Gasteiger partial charge in [-0.25, -0.2) is 0 Å². The van der Waals surface area contributed by atoms with Crippen LogP contribution in [-0.2, 0) is 19.0 Å². The van der Waals surface area contributed by atoms with Gasteiger partial charge in [-0.3, -0.25) is 4.79 Å². The SMILES string of the molecule is COC(CCC(=O)OCCCCCCCBr)OC. The molecular weight excluding hydrogens is 300 g/mol. The number of esters is 1. The lowest BCUT2D eigenvalue weighted by Gasteiger charge is -2.12. The number of ether oxygens (including phenoxy) is 3. The van der Waals surface area contributed by atoms with Gasteiger partial charge in [0.1, 0.15) is 0 Å². The number of carbonyl (C=O) groups is 1. The molecule has 0 atom stereocenters. The first-order chi connectivity index (χ1) is 8.74. The van der Waals surface area contributed by atoms with E-state index in [2.05, 4.69) is 15.9 Å². The minimum Gasteiger partial charge on any atom is -0.466 e. The molecule has 0 aliphatic rings. The van der Waals surface area contributed by atoms with E-state index < -0.39 is 0 Å². The monoisotopic (exact) mass is 324 g/mol. The minimum absolute atomic E-state index is 0.172. The highest BCUT2D eigenvalue weighted by atomic mass is 79.9. The third-order valence-electron chi connectivity index (χ3n) is 2.65. The molecule has 0 spiro atoms. The smallest absolute Gasteiger partial charge is 0.305 e. The van der Waals surface area contributed by atoms with Crippen LogP contribution in [0.3, 0.4) is 0 Å². The molecule has 5 heteroatoms. The van der Waals surface area contributed by atoms with E-state index in [1.54, 1.807) is 14.2 Å². The maximum absolute atomic E-state index is 11.4. The summed E-state index contributed by atoms with van der Waals surface area (Å²) >= 11 is 3.40. The number of halogens is 1. The maximum atomic E-state index is 11.4. The van der Waals surface area contributed by atoms with Crippen LogP contribution in [0.2, 0.25) is 0 Å². The predicted octanol–water partition coefficient (Wildman–Crippen LogP) is 3.27. The summed E-state index contributed by atoms with van der Waals surface area (Å²) in [6, 6.07) is 0. The van der Waals surface area contributed by atoms with Crippen molar-refractivity contribution in [3.8, 4) is 0 Å². The van der Waals surface area contributed by atoms with E-state index in [9.17, 15) is 4.79 Å². The van der Waals surface area contributed by atoms with Crippen molar-refractivity contribution in [2.45, 2.75) is 51.2 Å². The second-order valence-electron chi connectivity index (χ2n) is 4.12. The molecule has 0 heterocycles. The van der Waals surface area contributed by atoms with Crippen LogP contribution in [0.1, 0.15) is 44.9 Å². The van der Waals surface area contributed by atoms with Crippen LogP contribution in [0.5, 0.6) is 0 Å². The normalized spacial score (nSPS) is 10.9. The maximum Gasteiger partial charge on any atom is 0.305 e. The first kappa shape index (κ1) is 17.9.